The molecule has 2 aliphatic rings. The van der Waals surface area contributed by atoms with Gasteiger partial charge in [-0.2, -0.15) is 9.97 Å². The molecule has 2 aromatic carbocycles. The maximum Gasteiger partial charge on any atom is 0.410 e. The van der Waals surface area contributed by atoms with Gasteiger partial charge in [0.1, 0.15) is 5.60 Å². The molecule has 0 saturated carbocycles. The van der Waals surface area contributed by atoms with Crippen LogP contribution in [-0.2, 0) is 17.6 Å². The van der Waals surface area contributed by atoms with E-state index in [1.165, 1.54) is 16.8 Å². The van der Waals surface area contributed by atoms with E-state index in [1.807, 2.05) is 39.8 Å². The number of carbonyl (C=O) groups excluding carboxylic acids is 1. The molecule has 4 aromatic rings. The molecule has 0 atom stereocenters. The molecule has 0 spiro atoms. The minimum Gasteiger partial charge on any atom is -0.444 e. The van der Waals surface area contributed by atoms with Gasteiger partial charge < -0.3 is 33.8 Å². The first kappa shape index (κ1) is 35.8. The van der Waals surface area contributed by atoms with E-state index < -0.39 is 5.60 Å². The Kier molecular flexibility index (Phi) is 11.9. The molecule has 0 bridgehead atoms. The lowest BCUT2D eigenvalue weighted by Crippen LogP contribution is -2.47. The molecule has 2 fully saturated rings. The summed E-state index contributed by atoms with van der Waals surface area (Å²) in [5.74, 6) is 2.41. The van der Waals surface area contributed by atoms with Crippen molar-refractivity contribution in [3.05, 3.63) is 71.4 Å². The topological polar surface area (TPSA) is 126 Å². The molecular weight excluding hydrogens is 620 g/mol. The van der Waals surface area contributed by atoms with E-state index in [9.17, 15) is 4.79 Å². The van der Waals surface area contributed by atoms with Gasteiger partial charge in [-0.3, -0.25) is 0 Å². The summed E-state index contributed by atoms with van der Waals surface area (Å²) in [6, 6.07) is 17.4. The van der Waals surface area contributed by atoms with Gasteiger partial charge >= 0.3 is 6.09 Å². The van der Waals surface area contributed by atoms with Crippen molar-refractivity contribution in [3.8, 4) is 0 Å². The van der Waals surface area contributed by atoms with Crippen LogP contribution in [0, 0.1) is 13.8 Å². The van der Waals surface area contributed by atoms with E-state index in [1.54, 1.807) is 11.8 Å². The number of amides is 1. The number of hydrogen-bond acceptors (Lipinski definition) is 11. The molecule has 6 rings (SSSR count). The summed E-state index contributed by atoms with van der Waals surface area (Å²) in [4.78, 5) is 27.5. The summed E-state index contributed by atoms with van der Waals surface area (Å²) >= 11 is 0. The third-order valence-electron chi connectivity index (χ3n) is 8.88. The van der Waals surface area contributed by atoms with E-state index in [0.717, 1.165) is 57.3 Å². The van der Waals surface area contributed by atoms with Crippen LogP contribution in [0.1, 0.15) is 83.2 Å². The molecule has 2 aromatic heterocycles. The minimum atomic E-state index is -0.484. The molecule has 1 amide bonds. The summed E-state index contributed by atoms with van der Waals surface area (Å²) in [5.41, 5.74) is 4.37. The van der Waals surface area contributed by atoms with Crippen LogP contribution in [0.2, 0.25) is 0 Å². The zero-order valence-corrected chi connectivity index (χ0v) is 30.1. The van der Waals surface area contributed by atoms with Crippen molar-refractivity contribution in [1.29, 1.82) is 0 Å². The quantitative estimate of drug-likeness (QED) is 0.203. The van der Waals surface area contributed by atoms with Crippen molar-refractivity contribution in [2.24, 2.45) is 0 Å². The number of anilines is 4. The summed E-state index contributed by atoms with van der Waals surface area (Å²) in [6.07, 6.45) is 5.46. The number of hydrogen-bond donors (Lipinski definition) is 1. The van der Waals surface area contributed by atoms with Crippen molar-refractivity contribution in [1.82, 2.24) is 30.5 Å². The van der Waals surface area contributed by atoms with Crippen LogP contribution in [0.4, 0.5) is 28.1 Å². The van der Waals surface area contributed by atoms with Gasteiger partial charge in [-0.05, 0) is 106 Å². The Labute approximate surface area is 290 Å². The number of nitrogens with one attached hydrogen (secondary N) is 1. The Morgan fingerprint density at radius 1 is 0.796 bits per heavy atom. The first-order valence-corrected chi connectivity index (χ1v) is 17.6. The Bertz CT molecular complexity index is 1630. The number of rotatable bonds is 8. The second-order valence-corrected chi connectivity index (χ2v) is 13.6. The maximum absolute atomic E-state index is 12.4. The highest BCUT2D eigenvalue weighted by molar-refractivity contribution is 5.69. The highest BCUT2D eigenvalue weighted by Crippen LogP contribution is 2.34. The van der Waals surface area contributed by atoms with Crippen molar-refractivity contribution < 1.29 is 18.6 Å². The lowest BCUT2D eigenvalue weighted by Gasteiger charge is -2.38. The third-order valence-corrected chi connectivity index (χ3v) is 8.88. The molecule has 0 unspecified atom stereocenters. The van der Waals surface area contributed by atoms with Crippen LogP contribution in [0.15, 0.2) is 57.6 Å². The molecule has 1 N–H and O–H groups in total. The Balaban J connectivity index is 0.000000199. The highest BCUT2D eigenvalue weighted by atomic mass is 16.6. The van der Waals surface area contributed by atoms with Crippen LogP contribution < -0.4 is 15.1 Å². The van der Waals surface area contributed by atoms with Gasteiger partial charge in [-0.25, -0.2) is 4.79 Å². The van der Waals surface area contributed by atoms with Crippen LogP contribution in [0.25, 0.3) is 0 Å². The van der Waals surface area contributed by atoms with E-state index >= 15 is 0 Å². The molecule has 264 valence electrons. The van der Waals surface area contributed by atoms with Crippen molar-refractivity contribution in [3.63, 3.8) is 0 Å². The summed E-state index contributed by atoms with van der Waals surface area (Å²) in [5, 5.41) is 11.8. The molecule has 4 heterocycles. The largest absolute Gasteiger partial charge is 0.444 e. The van der Waals surface area contributed by atoms with E-state index in [2.05, 4.69) is 85.6 Å². The Morgan fingerprint density at radius 3 is 1.65 bits per heavy atom. The summed E-state index contributed by atoms with van der Waals surface area (Å²) in [7, 11) is 0. The van der Waals surface area contributed by atoms with Crippen molar-refractivity contribution in [2.75, 3.05) is 36.0 Å². The molecule has 12 nitrogen and oxygen atoms in total. The number of aromatic nitrogens is 4. The van der Waals surface area contributed by atoms with Gasteiger partial charge in [0.2, 0.25) is 11.8 Å². The number of nitrogens with zero attached hydrogens (tertiary/aromatic N) is 7. The van der Waals surface area contributed by atoms with Gasteiger partial charge in [0, 0.05) is 50.4 Å². The van der Waals surface area contributed by atoms with E-state index in [-0.39, 0.29) is 12.1 Å². The van der Waals surface area contributed by atoms with E-state index in [4.69, 9.17) is 13.8 Å². The molecule has 0 radical (unpaired) electrons. The number of piperidine rings is 2. The van der Waals surface area contributed by atoms with Crippen LogP contribution in [0.5, 0.6) is 0 Å². The van der Waals surface area contributed by atoms with Crippen LogP contribution in [-0.4, -0.2) is 75.1 Å². The second kappa shape index (κ2) is 16.3. The van der Waals surface area contributed by atoms with Crippen molar-refractivity contribution >= 4 is 29.4 Å². The van der Waals surface area contributed by atoms with Gasteiger partial charge in [0.15, 0.2) is 0 Å². The number of aryl methyl sites for hydroxylation is 4. The normalized spacial score (nSPS) is 15.8. The fraction of sp³-hybridized carbons (Fsp3) is 0.541. The molecule has 2 aliphatic heterocycles. The number of benzene rings is 2. The first-order chi connectivity index (χ1) is 23.6. The second-order valence-electron chi connectivity index (χ2n) is 13.6. The van der Waals surface area contributed by atoms with Gasteiger partial charge in [0.05, 0.1) is 0 Å². The number of para-hydroxylation sites is 2. The fourth-order valence-corrected chi connectivity index (χ4v) is 6.50. The predicted molar refractivity (Wildman–Crippen MR) is 191 cm³/mol. The van der Waals surface area contributed by atoms with Gasteiger partial charge in [-0.1, -0.05) is 50.2 Å². The van der Waals surface area contributed by atoms with Crippen molar-refractivity contribution in [2.45, 2.75) is 105 Å². The molecule has 0 aliphatic carbocycles. The first-order valence-electron chi connectivity index (χ1n) is 17.6. The zero-order valence-electron chi connectivity index (χ0n) is 30.1. The average Bonchev–Trinajstić information content (AvgIpc) is 3.73. The summed E-state index contributed by atoms with van der Waals surface area (Å²) in [6.45, 7) is 17.0. The fourth-order valence-electron chi connectivity index (χ4n) is 6.50. The Morgan fingerprint density at radius 2 is 1.24 bits per heavy atom. The Hall–Kier alpha value is -4.45. The van der Waals surface area contributed by atoms with Crippen LogP contribution >= 0.6 is 0 Å². The van der Waals surface area contributed by atoms with E-state index in [0.29, 0.717) is 42.8 Å². The smallest absolute Gasteiger partial charge is 0.410 e. The predicted octanol–water partition coefficient (Wildman–Crippen LogP) is 7.31. The molecule has 12 heteroatoms. The number of likely N-dealkylation sites (tertiary alicyclic amines) is 1. The lowest BCUT2D eigenvalue weighted by molar-refractivity contribution is 0.0206. The highest BCUT2D eigenvalue weighted by Gasteiger charge is 2.33. The summed E-state index contributed by atoms with van der Waals surface area (Å²) < 4.78 is 16.0. The standard InChI is InChI=1S/C21H30N4O3.C16H22N4O/c1-6-16-9-7-8-10-18(16)25(19-22-15(2)28-23-19)17-11-13-24(14-12-17)20(26)27-21(3,4)5;1-3-13-6-4-5-7-15(13)20(14-8-10-17-11-9-14)16-18-12(2)21-19-16/h7-10,17H,6,11-14H2,1-5H3;4-7,14,17H,3,8-11H2,1-2H3. The third kappa shape index (κ3) is 9.17. The molecular formula is C37H52N8O4. The SMILES string of the molecule is CCc1ccccc1N(c1noc(C)n1)C1CCN(C(=O)OC(C)(C)C)CC1.CCc1ccccc1N(c1noc(C)n1)C1CCNCC1. The number of carbonyl (C=O) groups is 1. The lowest BCUT2D eigenvalue weighted by atomic mass is 10.0. The van der Waals surface area contributed by atoms with Crippen LogP contribution in [0.3, 0.4) is 0 Å². The minimum absolute atomic E-state index is 0.184. The number of ether oxygens (including phenoxy) is 1. The molecule has 2 saturated heterocycles. The monoisotopic (exact) mass is 672 g/mol. The van der Waals surface area contributed by atoms with Gasteiger partial charge in [0.25, 0.3) is 11.9 Å². The molecule has 49 heavy (non-hydrogen) atoms. The maximum atomic E-state index is 12.4. The zero-order chi connectivity index (χ0) is 35.0. The van der Waals surface area contributed by atoms with Gasteiger partial charge in [-0.15, -0.1) is 0 Å². The average molecular weight is 673 g/mol.